The van der Waals surface area contributed by atoms with E-state index in [-0.39, 0.29) is 5.91 Å². The minimum absolute atomic E-state index is 0.0476. The summed E-state index contributed by atoms with van der Waals surface area (Å²) in [5.74, 6) is 0.0476. The smallest absolute Gasteiger partial charge is 0.224 e. The van der Waals surface area contributed by atoms with Gasteiger partial charge in [0.2, 0.25) is 5.91 Å². The summed E-state index contributed by atoms with van der Waals surface area (Å²) in [6.07, 6.45) is 1.37. The number of carbonyl (C=O) groups excluding carboxylic acids is 1. The summed E-state index contributed by atoms with van der Waals surface area (Å²) in [5, 5.41) is 5.98. The Morgan fingerprint density at radius 1 is 1.39 bits per heavy atom. The van der Waals surface area contributed by atoms with Crippen molar-refractivity contribution in [3.8, 4) is 0 Å². The molecule has 0 saturated carbocycles. The van der Waals surface area contributed by atoms with E-state index in [0.29, 0.717) is 6.42 Å². The van der Waals surface area contributed by atoms with Gasteiger partial charge in [-0.25, -0.2) is 0 Å². The minimum Gasteiger partial charge on any atom is -0.376 e. The molecule has 0 radical (unpaired) electrons. The third kappa shape index (κ3) is 4.66. The number of rotatable bonds is 6. The lowest BCUT2D eigenvalue weighted by molar-refractivity contribution is -0.116. The Kier molecular flexibility index (Phi) is 6.15. The normalized spacial score (nSPS) is 10.2. The molecule has 1 aromatic rings. The summed E-state index contributed by atoms with van der Waals surface area (Å²) in [6.45, 7) is 0.854. The Balaban J connectivity index is 2.70. The summed E-state index contributed by atoms with van der Waals surface area (Å²) in [4.78, 5) is 13.8. The second kappa shape index (κ2) is 7.38. The van der Waals surface area contributed by atoms with Crippen molar-refractivity contribution in [2.45, 2.75) is 12.8 Å². The minimum atomic E-state index is 0.0476. The summed E-state index contributed by atoms with van der Waals surface area (Å²) >= 11 is 3.42. The van der Waals surface area contributed by atoms with Gasteiger partial charge in [0, 0.05) is 25.0 Å². The number of halogens is 1. The molecule has 0 fully saturated rings. The third-order valence-electron chi connectivity index (χ3n) is 2.55. The molecule has 0 saturated heterocycles. The molecule has 2 N–H and O–H groups in total. The largest absolute Gasteiger partial charge is 0.376 e. The molecule has 1 rings (SSSR count). The first-order valence-electron chi connectivity index (χ1n) is 5.96. The number of hydrogen-bond donors (Lipinski definition) is 2. The van der Waals surface area contributed by atoms with Crippen LogP contribution in [0.5, 0.6) is 0 Å². The van der Waals surface area contributed by atoms with Crippen LogP contribution in [0.15, 0.2) is 22.7 Å². The van der Waals surface area contributed by atoms with E-state index in [1.54, 1.807) is 0 Å². The van der Waals surface area contributed by atoms with Gasteiger partial charge in [-0.3, -0.25) is 4.79 Å². The van der Waals surface area contributed by atoms with Crippen LogP contribution in [0.4, 0.5) is 11.4 Å². The molecule has 0 aliphatic carbocycles. The first-order chi connectivity index (χ1) is 8.54. The number of nitrogens with one attached hydrogen (secondary N) is 2. The first-order valence-corrected chi connectivity index (χ1v) is 6.75. The molecule has 0 aromatic heterocycles. The van der Waals surface area contributed by atoms with E-state index in [0.717, 1.165) is 28.8 Å². The highest BCUT2D eigenvalue weighted by Crippen LogP contribution is 2.28. The van der Waals surface area contributed by atoms with Gasteiger partial charge in [0.25, 0.3) is 0 Å². The summed E-state index contributed by atoms with van der Waals surface area (Å²) in [7, 11) is 5.80. The Hall–Kier alpha value is -1.07. The predicted molar refractivity (Wildman–Crippen MR) is 80.3 cm³/mol. The molecule has 1 amide bonds. The van der Waals surface area contributed by atoms with Gasteiger partial charge in [-0.1, -0.05) is 15.9 Å². The second-order valence-electron chi connectivity index (χ2n) is 4.31. The second-order valence-corrected chi connectivity index (χ2v) is 5.23. The van der Waals surface area contributed by atoms with E-state index in [4.69, 9.17) is 0 Å². The van der Waals surface area contributed by atoms with Crippen LogP contribution in [0.25, 0.3) is 0 Å². The van der Waals surface area contributed by atoms with Crippen LogP contribution in [0.3, 0.4) is 0 Å². The number of carbonyl (C=O) groups is 1. The molecule has 4 nitrogen and oxygen atoms in total. The summed E-state index contributed by atoms with van der Waals surface area (Å²) in [6, 6.07) is 5.87. The highest BCUT2D eigenvalue weighted by atomic mass is 79.9. The molecule has 0 unspecified atom stereocenters. The van der Waals surface area contributed by atoms with Crippen LogP contribution in [0, 0.1) is 0 Å². The topological polar surface area (TPSA) is 44.4 Å². The average molecular weight is 314 g/mol. The number of hydrogen-bond acceptors (Lipinski definition) is 3. The van der Waals surface area contributed by atoms with Gasteiger partial charge in [0.15, 0.2) is 0 Å². The van der Waals surface area contributed by atoms with E-state index < -0.39 is 0 Å². The van der Waals surface area contributed by atoms with Crippen molar-refractivity contribution >= 4 is 33.2 Å². The number of amides is 1. The van der Waals surface area contributed by atoms with Crippen molar-refractivity contribution in [3.63, 3.8) is 0 Å². The fourth-order valence-corrected chi connectivity index (χ4v) is 2.00. The zero-order chi connectivity index (χ0) is 13.5. The van der Waals surface area contributed by atoms with E-state index in [1.807, 2.05) is 44.2 Å². The van der Waals surface area contributed by atoms with Gasteiger partial charge >= 0.3 is 0 Å². The summed E-state index contributed by atoms with van der Waals surface area (Å²) in [5.41, 5.74) is 1.84. The van der Waals surface area contributed by atoms with Crippen LogP contribution in [-0.2, 0) is 4.79 Å². The Labute approximate surface area is 117 Å². The average Bonchev–Trinajstić information content (AvgIpc) is 2.29. The highest BCUT2D eigenvalue weighted by Gasteiger charge is 2.08. The molecule has 0 aliphatic heterocycles. The van der Waals surface area contributed by atoms with Crippen LogP contribution in [-0.4, -0.2) is 33.6 Å². The molecule has 1 aromatic carbocycles. The van der Waals surface area contributed by atoms with Crippen LogP contribution >= 0.6 is 15.9 Å². The van der Waals surface area contributed by atoms with Crippen LogP contribution < -0.4 is 15.5 Å². The van der Waals surface area contributed by atoms with Crippen molar-refractivity contribution in [2.24, 2.45) is 0 Å². The molecule has 0 aliphatic rings. The zero-order valence-electron chi connectivity index (χ0n) is 11.1. The zero-order valence-corrected chi connectivity index (χ0v) is 12.7. The van der Waals surface area contributed by atoms with E-state index in [2.05, 4.69) is 26.6 Å². The van der Waals surface area contributed by atoms with Crippen LogP contribution in [0.2, 0.25) is 0 Å². The fourth-order valence-electron chi connectivity index (χ4n) is 1.64. The number of benzene rings is 1. The van der Waals surface area contributed by atoms with Crippen molar-refractivity contribution in [2.75, 3.05) is 37.9 Å². The first kappa shape index (κ1) is 15.0. The highest BCUT2D eigenvalue weighted by molar-refractivity contribution is 9.10. The number of nitrogens with zero attached hydrogens (tertiary/aromatic N) is 1. The van der Waals surface area contributed by atoms with Gasteiger partial charge in [-0.05, 0) is 38.2 Å². The Morgan fingerprint density at radius 2 is 2.11 bits per heavy atom. The molecule has 0 spiro atoms. The van der Waals surface area contributed by atoms with Gasteiger partial charge in [-0.15, -0.1) is 0 Å². The predicted octanol–water partition coefficient (Wildman–Crippen LogP) is 2.45. The molecule has 0 bridgehead atoms. The van der Waals surface area contributed by atoms with Crippen LogP contribution in [0.1, 0.15) is 12.8 Å². The fraction of sp³-hybridized carbons (Fsp3) is 0.462. The van der Waals surface area contributed by atoms with E-state index >= 15 is 0 Å². The summed E-state index contributed by atoms with van der Waals surface area (Å²) < 4.78 is 0.957. The van der Waals surface area contributed by atoms with Crippen molar-refractivity contribution < 1.29 is 4.79 Å². The molecular weight excluding hydrogens is 294 g/mol. The van der Waals surface area contributed by atoms with Gasteiger partial charge < -0.3 is 15.5 Å². The van der Waals surface area contributed by atoms with Gasteiger partial charge in [0.1, 0.15) is 0 Å². The quantitative estimate of drug-likeness (QED) is 0.793. The number of anilines is 2. The standard InChI is InChI=1S/C13H20BrN3O/c1-15-8-4-5-13(18)16-11-9-10(14)6-7-12(11)17(2)3/h6-7,9,15H,4-5,8H2,1-3H3,(H,16,18). The van der Waals surface area contributed by atoms with Gasteiger partial charge in [-0.2, -0.15) is 0 Å². The van der Waals surface area contributed by atoms with Crippen molar-refractivity contribution in [1.82, 2.24) is 5.32 Å². The van der Waals surface area contributed by atoms with E-state index in [1.165, 1.54) is 0 Å². The molecular formula is C13H20BrN3O. The molecule has 0 heterocycles. The lowest BCUT2D eigenvalue weighted by atomic mass is 10.2. The molecule has 5 heteroatoms. The maximum absolute atomic E-state index is 11.8. The monoisotopic (exact) mass is 313 g/mol. The maximum Gasteiger partial charge on any atom is 0.224 e. The van der Waals surface area contributed by atoms with Crippen molar-refractivity contribution in [3.05, 3.63) is 22.7 Å². The maximum atomic E-state index is 11.8. The lowest BCUT2D eigenvalue weighted by Crippen LogP contribution is -2.18. The Bertz CT molecular complexity index is 407. The van der Waals surface area contributed by atoms with Crippen molar-refractivity contribution in [1.29, 1.82) is 0 Å². The molecule has 0 atom stereocenters. The van der Waals surface area contributed by atoms with E-state index in [9.17, 15) is 4.79 Å². The third-order valence-corrected chi connectivity index (χ3v) is 3.04. The lowest BCUT2D eigenvalue weighted by Gasteiger charge is -2.18. The molecule has 100 valence electrons. The Morgan fingerprint density at radius 3 is 2.72 bits per heavy atom. The van der Waals surface area contributed by atoms with Gasteiger partial charge in [0.05, 0.1) is 11.4 Å². The molecule has 18 heavy (non-hydrogen) atoms. The SMILES string of the molecule is CNCCCC(=O)Nc1cc(Br)ccc1N(C)C.